The molecule has 9 heteroatoms. The Labute approximate surface area is 96.4 Å². The van der Waals surface area contributed by atoms with Crippen molar-refractivity contribution in [1.82, 2.24) is 4.98 Å². The molecule has 0 aliphatic rings. The number of ether oxygens (including phenoxy) is 1. The van der Waals surface area contributed by atoms with Gasteiger partial charge in [0.25, 0.3) is 6.10 Å². The Morgan fingerprint density at radius 1 is 1.17 bits per heavy atom. The van der Waals surface area contributed by atoms with Gasteiger partial charge in [-0.1, -0.05) is 0 Å². The van der Waals surface area contributed by atoms with Crippen molar-refractivity contribution < 1.29 is 35.9 Å². The van der Waals surface area contributed by atoms with Crippen molar-refractivity contribution in [2.24, 2.45) is 0 Å². The largest absolute Gasteiger partial charge is 0.469 e. The van der Waals surface area contributed by atoms with E-state index < -0.39 is 29.8 Å². The van der Waals surface area contributed by atoms with Crippen molar-refractivity contribution in [1.29, 1.82) is 0 Å². The van der Waals surface area contributed by atoms with Gasteiger partial charge < -0.3 is 4.74 Å². The van der Waals surface area contributed by atoms with Gasteiger partial charge >= 0.3 is 12.4 Å². The van der Waals surface area contributed by atoms with Crippen LogP contribution in [0.2, 0.25) is 0 Å². The Balaban J connectivity index is 3.08. The molecule has 0 aliphatic carbocycles. The minimum Gasteiger partial charge on any atom is -0.469 e. The third-order valence-electron chi connectivity index (χ3n) is 1.78. The first-order valence-corrected chi connectivity index (χ1v) is 4.35. The Hall–Kier alpha value is -1.80. The molecule has 0 saturated heterocycles. The number of pyridine rings is 1. The molecule has 0 amide bonds. The molecular weight excluding hydrogens is 268 g/mol. The predicted octanol–water partition coefficient (Wildman–Crippen LogP) is 2.77. The van der Waals surface area contributed by atoms with Gasteiger partial charge in [-0.3, -0.25) is 9.78 Å². The topological polar surface area (TPSA) is 39.2 Å². The molecule has 0 atom stereocenters. The van der Waals surface area contributed by atoms with E-state index in [-0.39, 0.29) is 6.29 Å². The molecule has 0 spiro atoms. The van der Waals surface area contributed by atoms with Gasteiger partial charge in [0.05, 0.1) is 11.8 Å². The minimum absolute atomic E-state index is 0.0703. The standard InChI is InChI=1S/C9H5F6NO2/c10-8(11,12)7(9(13,14)15)18-6-3-16-2-1-5(6)4-17/h1-4,7H. The highest BCUT2D eigenvalue weighted by atomic mass is 19.4. The molecule has 0 fully saturated rings. The third-order valence-corrected chi connectivity index (χ3v) is 1.78. The number of rotatable bonds is 3. The van der Waals surface area contributed by atoms with Gasteiger partial charge in [0.1, 0.15) is 5.75 Å². The lowest BCUT2D eigenvalue weighted by Gasteiger charge is -2.24. The van der Waals surface area contributed by atoms with Crippen molar-refractivity contribution in [2.75, 3.05) is 0 Å². The average molecular weight is 273 g/mol. The number of carbonyl (C=O) groups excluding carboxylic acids is 1. The van der Waals surface area contributed by atoms with E-state index in [2.05, 4.69) is 9.72 Å². The Morgan fingerprint density at radius 3 is 2.17 bits per heavy atom. The van der Waals surface area contributed by atoms with Gasteiger partial charge in [-0.25, -0.2) is 0 Å². The number of nitrogens with zero attached hydrogens (tertiary/aromatic N) is 1. The molecule has 0 aliphatic heterocycles. The lowest BCUT2D eigenvalue weighted by molar-refractivity contribution is -0.299. The zero-order chi connectivity index (χ0) is 14.0. The molecule has 0 unspecified atom stereocenters. The van der Waals surface area contributed by atoms with Crippen LogP contribution in [0.3, 0.4) is 0 Å². The Bertz CT molecular complexity index is 414. The number of carbonyl (C=O) groups is 1. The number of aromatic nitrogens is 1. The van der Waals surface area contributed by atoms with Crippen molar-refractivity contribution in [2.45, 2.75) is 18.5 Å². The van der Waals surface area contributed by atoms with Crippen LogP contribution in [0.4, 0.5) is 26.3 Å². The van der Waals surface area contributed by atoms with Gasteiger partial charge in [-0.2, -0.15) is 26.3 Å². The second-order valence-corrected chi connectivity index (χ2v) is 3.11. The molecule has 3 nitrogen and oxygen atoms in total. The van der Waals surface area contributed by atoms with Crippen LogP contribution >= 0.6 is 0 Å². The van der Waals surface area contributed by atoms with E-state index >= 15 is 0 Å². The Morgan fingerprint density at radius 2 is 1.72 bits per heavy atom. The summed E-state index contributed by atoms with van der Waals surface area (Å²) in [5.74, 6) is -0.882. The normalized spacial score (nSPS) is 12.6. The molecule has 0 saturated carbocycles. The van der Waals surface area contributed by atoms with Crippen LogP contribution in [0.5, 0.6) is 5.75 Å². The summed E-state index contributed by atoms with van der Waals surface area (Å²) in [6, 6.07) is 0.937. The maximum absolute atomic E-state index is 12.2. The zero-order valence-corrected chi connectivity index (χ0v) is 8.42. The minimum atomic E-state index is -5.64. The van der Waals surface area contributed by atoms with E-state index in [4.69, 9.17) is 0 Å². The second-order valence-electron chi connectivity index (χ2n) is 3.11. The summed E-state index contributed by atoms with van der Waals surface area (Å²) in [5.41, 5.74) is -0.455. The van der Waals surface area contributed by atoms with Crippen LogP contribution < -0.4 is 4.74 Å². The van der Waals surface area contributed by atoms with Gasteiger partial charge in [0.15, 0.2) is 6.29 Å². The van der Waals surface area contributed by atoms with Gasteiger partial charge in [-0.15, -0.1) is 0 Å². The summed E-state index contributed by atoms with van der Waals surface area (Å²) < 4.78 is 76.9. The highest BCUT2D eigenvalue weighted by molar-refractivity contribution is 5.78. The highest BCUT2D eigenvalue weighted by Gasteiger charge is 2.59. The highest BCUT2D eigenvalue weighted by Crippen LogP contribution is 2.36. The van der Waals surface area contributed by atoms with Crippen LogP contribution in [0.1, 0.15) is 10.4 Å². The predicted molar refractivity (Wildman–Crippen MR) is 46.2 cm³/mol. The van der Waals surface area contributed by atoms with E-state index in [0.29, 0.717) is 6.20 Å². The smallest absolute Gasteiger partial charge is 0.434 e. The lowest BCUT2D eigenvalue weighted by Crippen LogP contribution is -2.46. The van der Waals surface area contributed by atoms with E-state index in [1.807, 2.05) is 0 Å². The van der Waals surface area contributed by atoms with Crippen LogP contribution in [-0.4, -0.2) is 29.7 Å². The molecule has 1 heterocycles. The number of halogens is 6. The molecule has 0 N–H and O–H groups in total. The van der Waals surface area contributed by atoms with Crippen molar-refractivity contribution in [3.63, 3.8) is 0 Å². The lowest BCUT2D eigenvalue weighted by atomic mass is 10.2. The molecule has 18 heavy (non-hydrogen) atoms. The summed E-state index contributed by atoms with van der Waals surface area (Å²) in [7, 11) is 0. The van der Waals surface area contributed by atoms with Crippen LogP contribution in [0.25, 0.3) is 0 Å². The molecule has 0 radical (unpaired) electrons. The molecule has 1 aromatic rings. The van der Waals surface area contributed by atoms with E-state index in [1.165, 1.54) is 0 Å². The number of hydrogen-bond acceptors (Lipinski definition) is 3. The fourth-order valence-corrected chi connectivity index (χ4v) is 1.03. The maximum atomic E-state index is 12.2. The molecule has 1 rings (SSSR count). The molecule has 0 aromatic carbocycles. The third kappa shape index (κ3) is 3.34. The first kappa shape index (κ1) is 14.3. The van der Waals surface area contributed by atoms with Crippen LogP contribution in [0.15, 0.2) is 18.5 Å². The van der Waals surface area contributed by atoms with Gasteiger partial charge in [0, 0.05) is 6.20 Å². The first-order chi connectivity index (χ1) is 8.16. The summed E-state index contributed by atoms with van der Waals surface area (Å²) in [5, 5.41) is 0. The average Bonchev–Trinajstić information content (AvgIpc) is 2.23. The monoisotopic (exact) mass is 273 g/mol. The maximum Gasteiger partial charge on any atom is 0.434 e. The van der Waals surface area contributed by atoms with E-state index in [1.54, 1.807) is 0 Å². The number of alkyl halides is 6. The van der Waals surface area contributed by atoms with E-state index in [0.717, 1.165) is 12.3 Å². The van der Waals surface area contributed by atoms with Crippen LogP contribution in [-0.2, 0) is 0 Å². The summed E-state index contributed by atoms with van der Waals surface area (Å²) in [4.78, 5) is 13.7. The summed E-state index contributed by atoms with van der Waals surface area (Å²) >= 11 is 0. The Kier molecular flexibility index (Phi) is 3.82. The molecular formula is C9H5F6NO2. The molecule has 100 valence electrons. The molecule has 0 bridgehead atoms. The van der Waals surface area contributed by atoms with Crippen molar-refractivity contribution in [3.8, 4) is 5.75 Å². The zero-order valence-electron chi connectivity index (χ0n) is 8.42. The quantitative estimate of drug-likeness (QED) is 0.628. The van der Waals surface area contributed by atoms with Crippen LogP contribution in [0, 0.1) is 0 Å². The van der Waals surface area contributed by atoms with Crippen molar-refractivity contribution >= 4 is 6.29 Å². The SMILES string of the molecule is O=Cc1ccncc1OC(C(F)(F)F)C(F)(F)F. The van der Waals surface area contributed by atoms with E-state index in [9.17, 15) is 31.1 Å². The summed E-state index contributed by atoms with van der Waals surface area (Å²) in [6.07, 6.45) is -13.6. The second kappa shape index (κ2) is 4.83. The first-order valence-electron chi connectivity index (χ1n) is 4.35. The van der Waals surface area contributed by atoms with Crippen molar-refractivity contribution in [3.05, 3.63) is 24.0 Å². The summed E-state index contributed by atoms with van der Waals surface area (Å²) in [6.45, 7) is 0. The molecule has 1 aromatic heterocycles. The fraction of sp³-hybridized carbons (Fsp3) is 0.333. The number of hydrogen-bond donors (Lipinski definition) is 0. The number of aldehydes is 1. The fourth-order valence-electron chi connectivity index (χ4n) is 1.03. The van der Waals surface area contributed by atoms with Gasteiger partial charge in [0.2, 0.25) is 0 Å². The van der Waals surface area contributed by atoms with Gasteiger partial charge in [-0.05, 0) is 6.07 Å².